The molecular formula is C14H19ClN2. The van der Waals surface area contributed by atoms with E-state index in [0.29, 0.717) is 18.1 Å². The Morgan fingerprint density at radius 2 is 1.82 bits per heavy atom. The zero-order valence-electron chi connectivity index (χ0n) is 10.2. The fourth-order valence-corrected chi connectivity index (χ4v) is 3.70. The van der Waals surface area contributed by atoms with E-state index in [2.05, 4.69) is 29.4 Å². The van der Waals surface area contributed by atoms with Crippen LogP contribution in [-0.2, 0) is 0 Å². The van der Waals surface area contributed by atoms with Crippen molar-refractivity contribution in [3.8, 4) is 0 Å². The summed E-state index contributed by atoms with van der Waals surface area (Å²) < 4.78 is 0. The number of piperidine rings is 1. The smallest absolute Gasteiger partial charge is 0.0639 e. The molecule has 0 aliphatic carbocycles. The SMILES string of the molecule is CNC1CC2CCC(C1)N2c1ccccc1Cl. The molecule has 0 aromatic heterocycles. The minimum absolute atomic E-state index is 0.672. The second-order valence-electron chi connectivity index (χ2n) is 5.20. The van der Waals surface area contributed by atoms with Crippen LogP contribution in [0.4, 0.5) is 5.69 Å². The summed E-state index contributed by atoms with van der Waals surface area (Å²) in [5, 5.41) is 4.33. The Labute approximate surface area is 108 Å². The van der Waals surface area contributed by atoms with Crippen molar-refractivity contribution in [1.82, 2.24) is 5.32 Å². The van der Waals surface area contributed by atoms with Crippen LogP contribution in [0.15, 0.2) is 24.3 Å². The lowest BCUT2D eigenvalue weighted by molar-refractivity contribution is 0.374. The van der Waals surface area contributed by atoms with Gasteiger partial charge in [-0.3, -0.25) is 0 Å². The molecule has 2 bridgehead atoms. The summed E-state index contributed by atoms with van der Waals surface area (Å²) in [5.41, 5.74) is 1.23. The summed E-state index contributed by atoms with van der Waals surface area (Å²) in [6.07, 6.45) is 5.12. The van der Waals surface area contributed by atoms with Gasteiger partial charge in [-0.15, -0.1) is 0 Å². The van der Waals surface area contributed by atoms with Gasteiger partial charge in [0.25, 0.3) is 0 Å². The predicted octanol–water partition coefficient (Wildman–Crippen LogP) is 3.06. The molecule has 0 saturated carbocycles. The molecule has 2 unspecified atom stereocenters. The van der Waals surface area contributed by atoms with Gasteiger partial charge in [0.1, 0.15) is 0 Å². The molecule has 2 heterocycles. The fourth-order valence-electron chi connectivity index (χ4n) is 3.47. The van der Waals surface area contributed by atoms with E-state index in [1.807, 2.05) is 12.1 Å². The summed E-state index contributed by atoms with van der Waals surface area (Å²) in [5.74, 6) is 0. The highest BCUT2D eigenvalue weighted by molar-refractivity contribution is 6.33. The molecule has 0 amide bonds. The van der Waals surface area contributed by atoms with Crippen molar-refractivity contribution < 1.29 is 0 Å². The molecule has 0 spiro atoms. The number of halogens is 1. The number of hydrogen-bond donors (Lipinski definition) is 1. The molecule has 3 heteroatoms. The predicted molar refractivity (Wildman–Crippen MR) is 72.8 cm³/mol. The first-order valence-electron chi connectivity index (χ1n) is 6.49. The lowest BCUT2D eigenvalue weighted by atomic mass is 9.97. The van der Waals surface area contributed by atoms with Crippen molar-refractivity contribution in [3.05, 3.63) is 29.3 Å². The number of fused-ring (bicyclic) bond motifs is 2. The molecule has 2 atom stereocenters. The number of nitrogens with zero attached hydrogens (tertiary/aromatic N) is 1. The third-order valence-electron chi connectivity index (χ3n) is 4.27. The number of para-hydroxylation sites is 1. The topological polar surface area (TPSA) is 15.3 Å². The molecule has 2 aliphatic rings. The summed E-state index contributed by atoms with van der Waals surface area (Å²) >= 11 is 6.33. The van der Waals surface area contributed by atoms with Crippen LogP contribution in [0.1, 0.15) is 25.7 Å². The quantitative estimate of drug-likeness (QED) is 0.868. The zero-order chi connectivity index (χ0) is 11.8. The van der Waals surface area contributed by atoms with Crippen LogP contribution in [0.25, 0.3) is 0 Å². The first-order chi connectivity index (χ1) is 8.29. The molecule has 2 aliphatic heterocycles. The van der Waals surface area contributed by atoms with Crippen LogP contribution in [0.3, 0.4) is 0 Å². The van der Waals surface area contributed by atoms with Crippen molar-refractivity contribution >= 4 is 17.3 Å². The van der Waals surface area contributed by atoms with Crippen molar-refractivity contribution in [2.45, 2.75) is 43.8 Å². The van der Waals surface area contributed by atoms with Crippen molar-refractivity contribution in [3.63, 3.8) is 0 Å². The highest BCUT2D eigenvalue weighted by Crippen LogP contribution is 2.41. The highest BCUT2D eigenvalue weighted by atomic mass is 35.5. The Morgan fingerprint density at radius 1 is 1.18 bits per heavy atom. The van der Waals surface area contributed by atoms with Gasteiger partial charge in [0.15, 0.2) is 0 Å². The third-order valence-corrected chi connectivity index (χ3v) is 4.59. The Kier molecular flexibility index (Phi) is 3.01. The van der Waals surface area contributed by atoms with E-state index < -0.39 is 0 Å². The third kappa shape index (κ3) is 1.94. The molecule has 92 valence electrons. The molecule has 2 fully saturated rings. The van der Waals surface area contributed by atoms with Crippen LogP contribution in [-0.4, -0.2) is 25.2 Å². The molecule has 2 nitrogen and oxygen atoms in total. The van der Waals surface area contributed by atoms with Gasteiger partial charge in [-0.05, 0) is 44.9 Å². The second-order valence-corrected chi connectivity index (χ2v) is 5.61. The molecular weight excluding hydrogens is 232 g/mol. The maximum atomic E-state index is 6.33. The lowest BCUT2D eigenvalue weighted by Gasteiger charge is -2.41. The van der Waals surface area contributed by atoms with E-state index in [9.17, 15) is 0 Å². The maximum absolute atomic E-state index is 6.33. The molecule has 2 saturated heterocycles. The maximum Gasteiger partial charge on any atom is 0.0639 e. The van der Waals surface area contributed by atoms with Gasteiger partial charge in [-0.1, -0.05) is 23.7 Å². The number of rotatable bonds is 2. The Hall–Kier alpha value is -0.730. The number of hydrogen-bond acceptors (Lipinski definition) is 2. The van der Waals surface area contributed by atoms with Gasteiger partial charge in [0.05, 0.1) is 10.7 Å². The largest absolute Gasteiger partial charge is 0.364 e. The first kappa shape index (κ1) is 11.4. The summed E-state index contributed by atoms with van der Waals surface area (Å²) in [7, 11) is 2.08. The number of benzene rings is 1. The molecule has 1 N–H and O–H groups in total. The second kappa shape index (κ2) is 4.51. The fraction of sp³-hybridized carbons (Fsp3) is 0.571. The highest BCUT2D eigenvalue weighted by Gasteiger charge is 2.40. The molecule has 1 aromatic carbocycles. The first-order valence-corrected chi connectivity index (χ1v) is 6.87. The van der Waals surface area contributed by atoms with Crippen LogP contribution in [0.2, 0.25) is 5.02 Å². The van der Waals surface area contributed by atoms with Gasteiger partial charge in [-0.25, -0.2) is 0 Å². The Balaban J connectivity index is 1.89. The van der Waals surface area contributed by atoms with Gasteiger partial charge in [0, 0.05) is 18.1 Å². The van der Waals surface area contributed by atoms with E-state index in [-0.39, 0.29) is 0 Å². The van der Waals surface area contributed by atoms with Crippen LogP contribution < -0.4 is 10.2 Å². The van der Waals surface area contributed by atoms with Gasteiger partial charge in [0.2, 0.25) is 0 Å². The average molecular weight is 251 g/mol. The van der Waals surface area contributed by atoms with Gasteiger partial charge in [-0.2, -0.15) is 0 Å². The van der Waals surface area contributed by atoms with Crippen molar-refractivity contribution in [2.24, 2.45) is 0 Å². The lowest BCUT2D eigenvalue weighted by Crippen LogP contribution is -2.48. The van der Waals surface area contributed by atoms with Crippen molar-refractivity contribution in [2.75, 3.05) is 11.9 Å². The molecule has 1 aromatic rings. The number of anilines is 1. The van der Waals surface area contributed by atoms with E-state index in [0.717, 1.165) is 5.02 Å². The van der Waals surface area contributed by atoms with Gasteiger partial charge < -0.3 is 10.2 Å². The van der Waals surface area contributed by atoms with Crippen LogP contribution in [0, 0.1) is 0 Å². The van der Waals surface area contributed by atoms with E-state index in [1.54, 1.807) is 0 Å². The van der Waals surface area contributed by atoms with Crippen LogP contribution in [0.5, 0.6) is 0 Å². The minimum Gasteiger partial charge on any atom is -0.364 e. The molecule has 0 radical (unpaired) electrons. The zero-order valence-corrected chi connectivity index (χ0v) is 11.0. The minimum atomic E-state index is 0.672. The van der Waals surface area contributed by atoms with E-state index >= 15 is 0 Å². The van der Waals surface area contributed by atoms with E-state index in [4.69, 9.17) is 11.6 Å². The summed E-state index contributed by atoms with van der Waals surface area (Å²) in [6.45, 7) is 0. The Bertz CT molecular complexity index is 393. The van der Waals surface area contributed by atoms with Crippen molar-refractivity contribution in [1.29, 1.82) is 0 Å². The molecule has 3 rings (SSSR count). The standard InChI is InChI=1S/C14H19ClN2/c1-16-10-8-11-6-7-12(9-10)17(11)14-5-3-2-4-13(14)15/h2-5,10-12,16H,6-9H2,1H3. The van der Waals surface area contributed by atoms with Gasteiger partial charge >= 0.3 is 0 Å². The van der Waals surface area contributed by atoms with E-state index in [1.165, 1.54) is 31.4 Å². The summed E-state index contributed by atoms with van der Waals surface area (Å²) in [6, 6.07) is 10.3. The van der Waals surface area contributed by atoms with Crippen LogP contribution >= 0.6 is 11.6 Å². The Morgan fingerprint density at radius 3 is 2.41 bits per heavy atom. The average Bonchev–Trinajstić information content (AvgIpc) is 2.60. The summed E-state index contributed by atoms with van der Waals surface area (Å²) in [4.78, 5) is 2.57. The monoisotopic (exact) mass is 250 g/mol. The number of nitrogens with one attached hydrogen (secondary N) is 1. The normalized spacial score (nSPS) is 31.9. The molecule has 17 heavy (non-hydrogen) atoms.